The molecule has 0 saturated heterocycles. The van der Waals surface area contributed by atoms with E-state index >= 15 is 0 Å². The van der Waals surface area contributed by atoms with Crippen molar-refractivity contribution in [3.05, 3.63) is 87.0 Å². The lowest BCUT2D eigenvalue weighted by molar-refractivity contribution is -0.137. The summed E-state index contributed by atoms with van der Waals surface area (Å²) in [6.07, 6.45) is -0.796. The molecule has 3 aromatic carbocycles. The van der Waals surface area contributed by atoms with E-state index in [1.54, 1.807) is 19.1 Å². The molecule has 0 fully saturated rings. The molecule has 1 unspecified atom stereocenters. The first-order chi connectivity index (χ1) is 16.3. The largest absolute Gasteiger partial charge is 0.481 e. The number of rotatable bonds is 7. The Hall–Kier alpha value is -3.40. The first-order valence-corrected chi connectivity index (χ1v) is 11.8. The lowest BCUT2D eigenvalue weighted by atomic mass is 9.98. The summed E-state index contributed by atoms with van der Waals surface area (Å²) in [5.74, 6) is -1.46. The summed E-state index contributed by atoms with van der Waals surface area (Å²) in [5.41, 5.74) is 5.29. The number of nitrogens with one attached hydrogen (secondary N) is 2. The van der Waals surface area contributed by atoms with Crippen molar-refractivity contribution in [3.8, 4) is 11.1 Å². The third-order valence-electron chi connectivity index (χ3n) is 5.61. The van der Waals surface area contributed by atoms with Crippen LogP contribution in [-0.2, 0) is 9.53 Å². The molecular formula is C26H23IN2O5. The summed E-state index contributed by atoms with van der Waals surface area (Å²) in [7, 11) is 0. The van der Waals surface area contributed by atoms with Crippen LogP contribution >= 0.6 is 22.6 Å². The van der Waals surface area contributed by atoms with E-state index in [4.69, 9.17) is 9.84 Å². The first-order valence-electron chi connectivity index (χ1n) is 10.8. The molecule has 0 bridgehead atoms. The second-order valence-electron chi connectivity index (χ2n) is 8.15. The maximum absolute atomic E-state index is 12.6. The Kier molecular flexibility index (Phi) is 7.16. The van der Waals surface area contributed by atoms with Gasteiger partial charge in [-0.3, -0.25) is 14.9 Å². The molecule has 0 aromatic heterocycles. The van der Waals surface area contributed by atoms with E-state index in [0.29, 0.717) is 11.3 Å². The summed E-state index contributed by atoms with van der Waals surface area (Å²) in [6.45, 7) is 1.81. The van der Waals surface area contributed by atoms with E-state index < -0.39 is 24.0 Å². The molecule has 0 spiro atoms. The lowest BCUT2D eigenvalue weighted by Crippen LogP contribution is -2.34. The van der Waals surface area contributed by atoms with Crippen LogP contribution in [0.15, 0.2) is 66.7 Å². The smallest absolute Gasteiger partial charge is 0.411 e. The summed E-state index contributed by atoms with van der Waals surface area (Å²) in [6, 6.07) is 20.6. The second-order valence-corrected chi connectivity index (χ2v) is 9.40. The minimum atomic E-state index is -0.993. The van der Waals surface area contributed by atoms with E-state index in [0.717, 1.165) is 25.8 Å². The fourth-order valence-corrected chi connectivity index (χ4v) is 4.84. The highest BCUT2D eigenvalue weighted by Gasteiger charge is 2.29. The number of aliphatic carboxylic acids is 1. The van der Waals surface area contributed by atoms with Gasteiger partial charge < -0.3 is 15.2 Å². The number of amides is 2. The number of fused-ring (bicyclic) bond motifs is 3. The molecule has 2 amide bonds. The van der Waals surface area contributed by atoms with E-state index in [2.05, 4.69) is 57.5 Å². The Balaban J connectivity index is 1.42. The number of carbonyl (C=O) groups is 3. The molecule has 0 heterocycles. The maximum Gasteiger partial charge on any atom is 0.411 e. The van der Waals surface area contributed by atoms with Gasteiger partial charge in [0.05, 0.1) is 6.42 Å². The molecule has 7 nitrogen and oxygen atoms in total. The number of anilines is 1. The summed E-state index contributed by atoms with van der Waals surface area (Å²) < 4.78 is 6.31. The molecule has 8 heteroatoms. The van der Waals surface area contributed by atoms with Crippen molar-refractivity contribution in [2.24, 2.45) is 0 Å². The summed E-state index contributed by atoms with van der Waals surface area (Å²) >= 11 is 2.05. The van der Waals surface area contributed by atoms with Crippen molar-refractivity contribution in [3.63, 3.8) is 0 Å². The van der Waals surface area contributed by atoms with Crippen molar-refractivity contribution in [2.75, 3.05) is 11.9 Å². The van der Waals surface area contributed by atoms with Crippen LogP contribution in [0.25, 0.3) is 11.1 Å². The van der Waals surface area contributed by atoms with Crippen molar-refractivity contribution >= 4 is 46.2 Å². The average molecular weight is 570 g/mol. The van der Waals surface area contributed by atoms with Crippen LogP contribution < -0.4 is 10.6 Å². The van der Waals surface area contributed by atoms with Gasteiger partial charge in [0.15, 0.2) is 0 Å². The van der Waals surface area contributed by atoms with E-state index in [1.807, 2.05) is 24.3 Å². The maximum atomic E-state index is 12.6. The topological polar surface area (TPSA) is 105 Å². The highest BCUT2D eigenvalue weighted by molar-refractivity contribution is 14.1. The Morgan fingerprint density at radius 2 is 1.62 bits per heavy atom. The molecule has 174 valence electrons. The SMILES string of the molecule is CC(CC(=O)O)NC(=O)c1cc(I)cc(NC(=O)OCC2c3ccccc3-c3ccccc32)c1. The van der Waals surface area contributed by atoms with Crippen LogP contribution in [0.5, 0.6) is 0 Å². The minimum Gasteiger partial charge on any atom is -0.481 e. The van der Waals surface area contributed by atoms with Gasteiger partial charge in [-0.2, -0.15) is 0 Å². The van der Waals surface area contributed by atoms with Crippen LogP contribution in [0.1, 0.15) is 40.7 Å². The fraction of sp³-hybridized carbons (Fsp3) is 0.192. The van der Waals surface area contributed by atoms with Crippen LogP contribution in [0.3, 0.4) is 0 Å². The summed E-state index contributed by atoms with van der Waals surface area (Å²) in [5, 5.41) is 14.2. The third-order valence-corrected chi connectivity index (χ3v) is 6.23. The average Bonchev–Trinajstić information content (AvgIpc) is 3.10. The number of hydrogen-bond donors (Lipinski definition) is 3. The van der Waals surface area contributed by atoms with Crippen molar-refractivity contribution in [1.82, 2.24) is 5.32 Å². The number of benzene rings is 3. The van der Waals surface area contributed by atoms with Crippen molar-refractivity contribution < 1.29 is 24.2 Å². The van der Waals surface area contributed by atoms with Crippen LogP contribution in [0.4, 0.5) is 10.5 Å². The molecule has 3 N–H and O–H groups in total. The molecule has 0 saturated carbocycles. The fourth-order valence-electron chi connectivity index (χ4n) is 4.17. The molecule has 1 atom stereocenters. The number of carboxylic acids is 1. The minimum absolute atomic E-state index is 0.0499. The van der Waals surface area contributed by atoms with Crippen molar-refractivity contribution in [1.29, 1.82) is 0 Å². The number of halogens is 1. The zero-order valence-corrected chi connectivity index (χ0v) is 20.5. The molecule has 1 aliphatic rings. The first kappa shape index (κ1) is 23.7. The van der Waals surface area contributed by atoms with Gasteiger partial charge in [0.25, 0.3) is 5.91 Å². The zero-order valence-electron chi connectivity index (χ0n) is 18.4. The number of ether oxygens (including phenoxy) is 1. The van der Waals surface area contributed by atoms with Gasteiger partial charge in [0.2, 0.25) is 0 Å². The van der Waals surface area contributed by atoms with Gasteiger partial charge in [-0.15, -0.1) is 0 Å². The molecule has 1 aliphatic carbocycles. The van der Waals surface area contributed by atoms with Gasteiger partial charge in [-0.25, -0.2) is 4.79 Å². The normalized spacial score (nSPS) is 12.9. The third kappa shape index (κ3) is 5.39. The highest BCUT2D eigenvalue weighted by atomic mass is 127. The predicted molar refractivity (Wildman–Crippen MR) is 137 cm³/mol. The molecule has 0 aliphatic heterocycles. The quantitative estimate of drug-likeness (QED) is 0.337. The van der Waals surface area contributed by atoms with Crippen LogP contribution in [-0.4, -0.2) is 35.7 Å². The van der Waals surface area contributed by atoms with Gasteiger partial charge in [0.1, 0.15) is 6.61 Å². The molecule has 4 rings (SSSR count). The summed E-state index contributed by atoms with van der Waals surface area (Å²) in [4.78, 5) is 35.9. The second kappa shape index (κ2) is 10.3. The van der Waals surface area contributed by atoms with E-state index in [9.17, 15) is 14.4 Å². The van der Waals surface area contributed by atoms with Gasteiger partial charge >= 0.3 is 12.1 Å². The lowest BCUT2D eigenvalue weighted by Gasteiger charge is -2.15. The Morgan fingerprint density at radius 1 is 1.00 bits per heavy atom. The predicted octanol–water partition coefficient (Wildman–Crippen LogP) is 5.25. The Bertz CT molecular complexity index is 1210. The Morgan fingerprint density at radius 3 is 2.24 bits per heavy atom. The van der Waals surface area contributed by atoms with Crippen molar-refractivity contribution in [2.45, 2.75) is 25.3 Å². The van der Waals surface area contributed by atoms with E-state index in [-0.39, 0.29) is 18.9 Å². The van der Waals surface area contributed by atoms with Gasteiger partial charge in [-0.1, -0.05) is 48.5 Å². The number of hydrogen-bond acceptors (Lipinski definition) is 4. The number of carboxylic acid groups (broad SMARTS) is 1. The molecule has 3 aromatic rings. The molecular weight excluding hydrogens is 547 g/mol. The molecule has 34 heavy (non-hydrogen) atoms. The van der Waals surface area contributed by atoms with E-state index in [1.165, 1.54) is 6.07 Å². The Labute approximate surface area is 210 Å². The number of carbonyl (C=O) groups excluding carboxylic acids is 2. The van der Waals surface area contributed by atoms with Gasteiger partial charge in [0, 0.05) is 26.8 Å². The van der Waals surface area contributed by atoms with Crippen LogP contribution in [0.2, 0.25) is 0 Å². The monoisotopic (exact) mass is 570 g/mol. The highest BCUT2D eigenvalue weighted by Crippen LogP contribution is 2.44. The zero-order chi connectivity index (χ0) is 24.2. The standard InChI is InChI=1S/C26H23IN2O5/c1-15(10-24(30)31)28-25(32)16-11-17(27)13-18(12-16)29-26(33)34-14-23-21-8-4-2-6-19(21)20-7-3-5-9-22(20)23/h2-9,11-13,15,23H,10,14H2,1H3,(H,28,32)(H,29,33)(H,30,31). The van der Waals surface area contributed by atoms with Gasteiger partial charge in [-0.05, 0) is 70.0 Å². The van der Waals surface area contributed by atoms with Crippen LogP contribution in [0, 0.1) is 3.57 Å². The molecule has 0 radical (unpaired) electrons.